The molecule has 5 nitrogen and oxygen atoms in total. The van der Waals surface area contributed by atoms with Crippen LogP contribution in [0.15, 0.2) is 54.7 Å². The van der Waals surface area contributed by atoms with E-state index in [1.165, 1.54) is 29.7 Å². The Morgan fingerprint density at radius 3 is 2.42 bits per heavy atom. The van der Waals surface area contributed by atoms with Gasteiger partial charge in [0.1, 0.15) is 10.7 Å². The molecule has 0 saturated carbocycles. The predicted molar refractivity (Wildman–Crippen MR) is 127 cm³/mol. The molecular weight excluding hydrogens is 493 g/mol. The maximum Gasteiger partial charge on any atom is 0.586 e. The van der Waals surface area contributed by atoms with Crippen LogP contribution in [0.1, 0.15) is 23.5 Å². The molecule has 2 aromatic heterocycles. The Hall–Kier alpha value is -2.94. The van der Waals surface area contributed by atoms with Crippen LogP contribution >= 0.6 is 34.5 Å². The van der Waals surface area contributed by atoms with Crippen molar-refractivity contribution in [2.75, 3.05) is 5.32 Å². The molecule has 1 amide bonds. The van der Waals surface area contributed by atoms with Gasteiger partial charge in [-0.1, -0.05) is 55.2 Å². The minimum atomic E-state index is -3.73. The molecule has 0 fully saturated rings. The van der Waals surface area contributed by atoms with Crippen LogP contribution in [0.5, 0.6) is 11.5 Å². The fraction of sp³-hybridized carbons (Fsp3) is 0.130. The second-order valence-corrected chi connectivity index (χ2v) is 8.41. The molecule has 3 heterocycles. The van der Waals surface area contributed by atoms with E-state index < -0.39 is 6.29 Å². The third-order valence-electron chi connectivity index (χ3n) is 4.55. The molecular formula is C23H16Cl2F2N2O3S. The third kappa shape index (κ3) is 4.59. The maximum absolute atomic E-state index is 13.3. The summed E-state index contributed by atoms with van der Waals surface area (Å²) in [6.07, 6.45) is -2.27. The zero-order chi connectivity index (χ0) is 23.8. The number of amides is 1. The lowest BCUT2D eigenvalue weighted by atomic mass is 10.1. The molecule has 0 spiro atoms. The molecule has 4 aromatic rings. The summed E-state index contributed by atoms with van der Waals surface area (Å²) in [5.41, 5.74) is 0.976. The molecule has 10 heteroatoms. The molecule has 170 valence electrons. The monoisotopic (exact) mass is 508 g/mol. The van der Waals surface area contributed by atoms with Gasteiger partial charge in [0.15, 0.2) is 11.5 Å². The number of fused-ring (bicyclic) bond motifs is 2. The number of hydrogen-bond donors (Lipinski definition) is 1. The molecule has 0 atom stereocenters. The number of nitrogens with one attached hydrogen (secondary N) is 1. The lowest BCUT2D eigenvalue weighted by molar-refractivity contribution is -0.286. The van der Waals surface area contributed by atoms with Crippen molar-refractivity contribution >= 4 is 56.3 Å². The second-order valence-electron chi connectivity index (χ2n) is 6.57. The van der Waals surface area contributed by atoms with Crippen molar-refractivity contribution in [3.63, 3.8) is 0 Å². The molecule has 1 aliphatic rings. The van der Waals surface area contributed by atoms with Gasteiger partial charge in [0, 0.05) is 33.5 Å². The second kappa shape index (κ2) is 9.13. The van der Waals surface area contributed by atoms with E-state index in [1.54, 1.807) is 12.1 Å². The van der Waals surface area contributed by atoms with Crippen molar-refractivity contribution in [2.24, 2.45) is 0 Å². The van der Waals surface area contributed by atoms with Crippen LogP contribution in [0.3, 0.4) is 0 Å². The highest BCUT2D eigenvalue weighted by Gasteiger charge is 2.43. The van der Waals surface area contributed by atoms with Gasteiger partial charge in [-0.05, 0) is 24.3 Å². The van der Waals surface area contributed by atoms with Gasteiger partial charge in [-0.2, -0.15) is 0 Å². The highest BCUT2D eigenvalue weighted by atomic mass is 35.5. The lowest BCUT2D eigenvalue weighted by Gasteiger charge is -2.08. The fourth-order valence-corrected chi connectivity index (χ4v) is 4.83. The quantitative estimate of drug-likeness (QED) is 0.305. The molecule has 33 heavy (non-hydrogen) atoms. The van der Waals surface area contributed by atoms with E-state index in [-0.39, 0.29) is 22.4 Å². The topological polar surface area (TPSA) is 60.5 Å². The summed E-state index contributed by atoms with van der Waals surface area (Å²) >= 11 is 13.8. The number of halogens is 4. The van der Waals surface area contributed by atoms with Crippen molar-refractivity contribution in [1.82, 2.24) is 4.98 Å². The molecule has 2 aromatic carbocycles. The lowest BCUT2D eigenvalue weighted by Crippen LogP contribution is -2.25. The molecule has 0 saturated heterocycles. The zero-order valence-corrected chi connectivity index (χ0v) is 19.6. The summed E-state index contributed by atoms with van der Waals surface area (Å²) in [7, 11) is 0. The number of carbonyl (C=O) groups is 1. The smallest absolute Gasteiger partial charge is 0.395 e. The van der Waals surface area contributed by atoms with E-state index in [9.17, 15) is 13.6 Å². The van der Waals surface area contributed by atoms with Crippen molar-refractivity contribution < 1.29 is 23.0 Å². The molecule has 0 aliphatic carbocycles. The van der Waals surface area contributed by atoms with Gasteiger partial charge in [0.2, 0.25) is 0 Å². The van der Waals surface area contributed by atoms with Gasteiger partial charge in [0.25, 0.3) is 5.91 Å². The van der Waals surface area contributed by atoms with Crippen molar-refractivity contribution in [3.8, 4) is 22.6 Å². The Labute approximate surface area is 201 Å². The first kappa shape index (κ1) is 23.2. The Bertz CT molecular complexity index is 1340. The molecule has 0 unspecified atom stereocenters. The first-order valence-electron chi connectivity index (χ1n) is 9.85. The van der Waals surface area contributed by atoms with Crippen molar-refractivity contribution in [1.29, 1.82) is 0 Å². The molecule has 1 aliphatic heterocycles. The molecule has 1 N–H and O–H groups in total. The third-order valence-corrected chi connectivity index (χ3v) is 6.54. The average molecular weight is 509 g/mol. The van der Waals surface area contributed by atoms with Crippen LogP contribution in [-0.4, -0.2) is 17.2 Å². The van der Waals surface area contributed by atoms with Gasteiger partial charge >= 0.3 is 6.29 Å². The number of nitrogens with zero attached hydrogens (tertiary/aromatic N) is 1. The number of aromatic nitrogens is 1. The van der Waals surface area contributed by atoms with Gasteiger partial charge < -0.3 is 14.8 Å². The van der Waals surface area contributed by atoms with Crippen LogP contribution in [0.25, 0.3) is 21.2 Å². The summed E-state index contributed by atoms with van der Waals surface area (Å²) in [6, 6.07) is 13.3. The van der Waals surface area contributed by atoms with E-state index in [0.717, 1.165) is 10.1 Å². The highest BCUT2D eigenvalue weighted by molar-refractivity contribution is 7.21. The van der Waals surface area contributed by atoms with Crippen LogP contribution in [0.4, 0.5) is 14.6 Å². The van der Waals surface area contributed by atoms with Gasteiger partial charge in [-0.15, -0.1) is 20.1 Å². The Balaban J connectivity index is 0.00000126. The Morgan fingerprint density at radius 1 is 1.06 bits per heavy atom. The number of pyridine rings is 1. The Morgan fingerprint density at radius 2 is 1.76 bits per heavy atom. The van der Waals surface area contributed by atoms with Crippen LogP contribution in [0.2, 0.25) is 10.0 Å². The minimum absolute atomic E-state index is 0.124. The van der Waals surface area contributed by atoms with E-state index in [0.29, 0.717) is 26.8 Å². The van der Waals surface area contributed by atoms with E-state index in [4.69, 9.17) is 23.2 Å². The highest BCUT2D eigenvalue weighted by Crippen LogP contribution is 2.46. The van der Waals surface area contributed by atoms with Gasteiger partial charge in [-0.25, -0.2) is 4.98 Å². The number of rotatable bonds is 3. The van der Waals surface area contributed by atoms with E-state index in [1.807, 2.05) is 38.1 Å². The first-order chi connectivity index (χ1) is 15.8. The largest absolute Gasteiger partial charge is 0.586 e. The summed E-state index contributed by atoms with van der Waals surface area (Å²) < 4.78 is 36.3. The van der Waals surface area contributed by atoms with Crippen LogP contribution in [0, 0.1) is 0 Å². The number of alkyl halides is 2. The fourth-order valence-electron chi connectivity index (χ4n) is 3.15. The normalized spacial score (nSPS) is 13.4. The van der Waals surface area contributed by atoms with Crippen molar-refractivity contribution in [3.05, 3.63) is 69.7 Å². The summed E-state index contributed by atoms with van der Waals surface area (Å²) in [6.45, 7) is 4.00. The minimum Gasteiger partial charge on any atom is -0.395 e. The Kier molecular flexibility index (Phi) is 6.43. The summed E-state index contributed by atoms with van der Waals surface area (Å²) in [4.78, 5) is 17.3. The van der Waals surface area contributed by atoms with Gasteiger partial charge in [0.05, 0.1) is 10.0 Å². The number of hydrogen-bond acceptors (Lipinski definition) is 5. The number of carbonyl (C=O) groups excluding carboxylic acids is 1. The number of benzene rings is 2. The maximum atomic E-state index is 13.3. The summed E-state index contributed by atoms with van der Waals surface area (Å²) in [5.74, 6) is -0.350. The number of thiophene rings is 1. The van der Waals surface area contributed by atoms with Crippen molar-refractivity contribution in [2.45, 2.75) is 20.1 Å². The van der Waals surface area contributed by atoms with Gasteiger partial charge in [-0.3, -0.25) is 4.79 Å². The number of ether oxygens (including phenoxy) is 2. The average Bonchev–Trinajstić information content (AvgIpc) is 3.30. The molecule has 0 radical (unpaired) electrons. The molecule has 5 rings (SSSR count). The first-order valence-corrected chi connectivity index (χ1v) is 11.4. The predicted octanol–water partition coefficient (Wildman–Crippen LogP) is 7.87. The zero-order valence-electron chi connectivity index (χ0n) is 17.3. The standard InChI is InChI=1S/C21H10Cl2F2N2O3S.C2H6/c22-13-8-15-14(29-21(24,25)30-15)7-12(13)10-5-6-17(26-9-10)27-20(28)19-18(23)11-3-1-2-4-16(11)31-19;1-2/h1-9H,(H,26,27,28);1-2H3. The van der Waals surface area contributed by atoms with E-state index >= 15 is 0 Å². The number of anilines is 1. The van der Waals surface area contributed by atoms with Crippen LogP contribution in [-0.2, 0) is 0 Å². The molecule has 0 bridgehead atoms. The SMILES string of the molecule is CC.O=C(Nc1ccc(-c2cc3c(cc2Cl)OC(F)(F)O3)cn1)c1sc2ccccc2c1Cl. The van der Waals surface area contributed by atoms with E-state index in [2.05, 4.69) is 19.8 Å². The van der Waals surface area contributed by atoms with Crippen LogP contribution < -0.4 is 14.8 Å². The summed E-state index contributed by atoms with van der Waals surface area (Å²) in [5, 5.41) is 4.09.